The first-order valence-electron chi connectivity index (χ1n) is 12.8. The number of ether oxygens (including phenoxy) is 2. The second kappa shape index (κ2) is 10.6. The Morgan fingerprint density at radius 2 is 1.71 bits per heavy atom. The lowest BCUT2D eigenvalue weighted by Gasteiger charge is -2.56. The van der Waals surface area contributed by atoms with Crippen molar-refractivity contribution in [2.45, 2.75) is 77.9 Å². The van der Waals surface area contributed by atoms with Crippen molar-refractivity contribution >= 4 is 12.1 Å². The maximum absolute atomic E-state index is 14.5. The average Bonchev–Trinajstić information content (AvgIpc) is 2.80. The van der Waals surface area contributed by atoms with Crippen LogP contribution >= 0.6 is 0 Å². The van der Waals surface area contributed by atoms with E-state index in [-0.39, 0.29) is 31.2 Å². The lowest BCUT2D eigenvalue weighted by molar-refractivity contribution is -0.171. The minimum Gasteiger partial charge on any atom is -0.462 e. The first-order chi connectivity index (χ1) is 17.5. The Bertz CT molecular complexity index is 1150. The van der Waals surface area contributed by atoms with Crippen LogP contribution in [0.5, 0.6) is 0 Å². The quantitative estimate of drug-likeness (QED) is 0.456. The number of carbonyl (C=O) groups is 2. The molecule has 1 aromatic carbocycles. The van der Waals surface area contributed by atoms with Crippen LogP contribution in [0.2, 0.25) is 0 Å². The van der Waals surface area contributed by atoms with Crippen LogP contribution in [0.3, 0.4) is 0 Å². The van der Waals surface area contributed by atoms with Gasteiger partial charge in [0.25, 0.3) is 0 Å². The topological polar surface area (TPSA) is 89.0 Å². The Balaban J connectivity index is 2.02. The molecule has 208 valence electrons. The van der Waals surface area contributed by atoms with Gasteiger partial charge in [0.1, 0.15) is 11.2 Å². The molecule has 1 aliphatic rings. The molecule has 0 unspecified atom stereocenters. The number of alkyl halides is 2. The maximum atomic E-state index is 14.5. The number of aliphatic hydroxyl groups is 1. The van der Waals surface area contributed by atoms with Gasteiger partial charge in [-0.2, -0.15) is 8.78 Å². The zero-order valence-electron chi connectivity index (χ0n) is 23.2. The van der Waals surface area contributed by atoms with Gasteiger partial charge in [-0.15, -0.1) is 0 Å². The molecule has 1 aliphatic heterocycles. The standard InChI is InChI=1S/C29H38F2N2O5/c1-8-37-24(34)28(30,31)14-20-13-23(16-32-15-20)29(36,22-11-9-21(10-12-22)19(2)3)27(7)17-33(18-27)25(35)38-26(4,5)6/h9-13,15-16,19,36H,8,14,17-18H2,1-7H3/t29-/m0/s1. The van der Waals surface area contributed by atoms with Gasteiger partial charge in [-0.1, -0.05) is 45.0 Å². The van der Waals surface area contributed by atoms with Gasteiger partial charge >= 0.3 is 18.0 Å². The monoisotopic (exact) mass is 532 g/mol. The molecular formula is C29H38F2N2O5. The van der Waals surface area contributed by atoms with Crippen LogP contribution < -0.4 is 0 Å². The van der Waals surface area contributed by atoms with Gasteiger partial charge in [-0.25, -0.2) is 9.59 Å². The van der Waals surface area contributed by atoms with Crippen molar-refractivity contribution in [3.05, 3.63) is 65.0 Å². The van der Waals surface area contributed by atoms with E-state index in [9.17, 15) is 23.5 Å². The fourth-order valence-corrected chi connectivity index (χ4v) is 4.80. The number of likely N-dealkylation sites (tertiary alicyclic amines) is 1. The fourth-order valence-electron chi connectivity index (χ4n) is 4.80. The predicted molar refractivity (Wildman–Crippen MR) is 139 cm³/mol. The van der Waals surface area contributed by atoms with E-state index in [0.717, 1.165) is 5.56 Å². The SMILES string of the molecule is CCOC(=O)C(F)(F)Cc1cncc([C@@](O)(c2ccc(C(C)C)cc2)C2(C)CN(C(=O)OC(C)(C)C)C2)c1. The van der Waals surface area contributed by atoms with Crippen molar-refractivity contribution in [3.63, 3.8) is 0 Å². The number of amides is 1. The number of pyridine rings is 1. The van der Waals surface area contributed by atoms with E-state index in [1.807, 2.05) is 31.2 Å². The molecule has 2 heterocycles. The Labute approximate surface area is 223 Å². The number of nitrogens with zero attached hydrogens (tertiary/aromatic N) is 2. The van der Waals surface area contributed by atoms with Gasteiger partial charge in [0, 0.05) is 42.9 Å². The summed E-state index contributed by atoms with van der Waals surface area (Å²) in [6.45, 7) is 12.9. The van der Waals surface area contributed by atoms with E-state index in [0.29, 0.717) is 11.1 Å². The van der Waals surface area contributed by atoms with Crippen molar-refractivity contribution in [1.82, 2.24) is 9.88 Å². The first kappa shape index (κ1) is 29.5. The molecule has 38 heavy (non-hydrogen) atoms. The minimum atomic E-state index is -3.75. The highest BCUT2D eigenvalue weighted by Gasteiger charge is 2.58. The highest BCUT2D eigenvalue weighted by molar-refractivity contribution is 5.78. The third-order valence-corrected chi connectivity index (χ3v) is 6.81. The van der Waals surface area contributed by atoms with E-state index in [1.54, 1.807) is 20.8 Å². The molecule has 7 nitrogen and oxygen atoms in total. The molecule has 0 radical (unpaired) electrons. The van der Waals surface area contributed by atoms with Crippen molar-refractivity contribution in [2.75, 3.05) is 19.7 Å². The molecule has 9 heteroatoms. The molecule has 3 rings (SSSR count). The van der Waals surface area contributed by atoms with Crippen LogP contribution in [0.15, 0.2) is 42.7 Å². The maximum Gasteiger partial charge on any atom is 0.410 e. The molecular weight excluding hydrogens is 494 g/mol. The summed E-state index contributed by atoms with van der Waals surface area (Å²) < 4.78 is 39.1. The zero-order valence-corrected chi connectivity index (χ0v) is 23.2. The Morgan fingerprint density at radius 1 is 1.11 bits per heavy atom. The second-order valence-electron chi connectivity index (χ2n) is 11.6. The van der Waals surface area contributed by atoms with Crippen molar-refractivity contribution in [1.29, 1.82) is 0 Å². The molecule has 1 saturated heterocycles. The summed E-state index contributed by atoms with van der Waals surface area (Å²) in [5.74, 6) is -5.08. The van der Waals surface area contributed by atoms with Crippen LogP contribution in [0.25, 0.3) is 0 Å². The lowest BCUT2D eigenvalue weighted by atomic mass is 9.62. The number of carbonyl (C=O) groups excluding carboxylic acids is 2. The Hall–Kier alpha value is -3.07. The molecule has 0 aliphatic carbocycles. The molecule has 1 aromatic heterocycles. The molecule has 1 amide bonds. The first-order valence-corrected chi connectivity index (χ1v) is 12.8. The largest absolute Gasteiger partial charge is 0.462 e. The van der Waals surface area contributed by atoms with E-state index in [2.05, 4.69) is 23.6 Å². The van der Waals surface area contributed by atoms with E-state index in [1.165, 1.54) is 30.3 Å². The average molecular weight is 533 g/mol. The normalized spacial score (nSPS) is 17.0. The van der Waals surface area contributed by atoms with Gasteiger partial charge in [-0.05, 0) is 56.4 Å². The third kappa shape index (κ3) is 5.98. The molecule has 0 bridgehead atoms. The summed E-state index contributed by atoms with van der Waals surface area (Å²) in [5, 5.41) is 12.4. The minimum absolute atomic E-state index is 0.0738. The van der Waals surface area contributed by atoms with Gasteiger partial charge < -0.3 is 19.5 Å². The fraction of sp³-hybridized carbons (Fsp3) is 0.552. The molecule has 1 fully saturated rings. The van der Waals surface area contributed by atoms with Crippen LogP contribution in [-0.2, 0) is 26.3 Å². The third-order valence-electron chi connectivity index (χ3n) is 6.81. The number of hydrogen-bond donors (Lipinski definition) is 1. The summed E-state index contributed by atoms with van der Waals surface area (Å²) in [7, 11) is 0. The summed E-state index contributed by atoms with van der Waals surface area (Å²) in [4.78, 5) is 30.1. The van der Waals surface area contributed by atoms with Crippen molar-refractivity contribution < 1.29 is 33.0 Å². The molecule has 0 saturated carbocycles. The van der Waals surface area contributed by atoms with E-state index >= 15 is 0 Å². The van der Waals surface area contributed by atoms with Crippen LogP contribution in [0.4, 0.5) is 13.6 Å². The predicted octanol–water partition coefficient (Wildman–Crippen LogP) is 5.44. The van der Waals surface area contributed by atoms with Gasteiger partial charge in [0.15, 0.2) is 0 Å². The number of benzene rings is 1. The highest BCUT2D eigenvalue weighted by Crippen LogP contribution is 2.51. The summed E-state index contributed by atoms with van der Waals surface area (Å²) in [5.41, 5.74) is -1.25. The van der Waals surface area contributed by atoms with Crippen LogP contribution in [-0.4, -0.2) is 58.3 Å². The van der Waals surface area contributed by atoms with Crippen molar-refractivity contribution in [2.24, 2.45) is 5.41 Å². The summed E-state index contributed by atoms with van der Waals surface area (Å²) >= 11 is 0. The number of halogens is 2. The summed E-state index contributed by atoms with van der Waals surface area (Å²) in [6.07, 6.45) is 1.27. The zero-order chi connectivity index (χ0) is 28.5. The van der Waals surface area contributed by atoms with Crippen LogP contribution in [0.1, 0.15) is 76.6 Å². The van der Waals surface area contributed by atoms with Crippen LogP contribution in [0, 0.1) is 5.41 Å². The van der Waals surface area contributed by atoms with E-state index in [4.69, 9.17) is 4.74 Å². The van der Waals surface area contributed by atoms with Gasteiger partial charge in [-0.3, -0.25) is 4.98 Å². The summed E-state index contributed by atoms with van der Waals surface area (Å²) in [6, 6.07) is 8.92. The number of hydrogen-bond acceptors (Lipinski definition) is 6. The molecule has 2 aromatic rings. The molecule has 1 N–H and O–H groups in total. The molecule has 0 spiro atoms. The highest BCUT2D eigenvalue weighted by atomic mass is 19.3. The smallest absolute Gasteiger partial charge is 0.410 e. The number of aromatic nitrogens is 1. The molecule has 1 atom stereocenters. The second-order valence-corrected chi connectivity index (χ2v) is 11.6. The lowest BCUT2D eigenvalue weighted by Crippen LogP contribution is -2.66. The Morgan fingerprint density at radius 3 is 2.24 bits per heavy atom. The van der Waals surface area contributed by atoms with Gasteiger partial charge in [0.05, 0.1) is 6.61 Å². The Kier molecular flexibility index (Phi) is 8.22. The van der Waals surface area contributed by atoms with E-state index < -0.39 is 41.0 Å². The van der Waals surface area contributed by atoms with Gasteiger partial charge in [0.2, 0.25) is 0 Å². The van der Waals surface area contributed by atoms with Crippen molar-refractivity contribution in [3.8, 4) is 0 Å². The number of rotatable bonds is 8. The number of esters is 1.